The summed E-state index contributed by atoms with van der Waals surface area (Å²) in [5.74, 6) is 0. The maximum Gasteiger partial charge on any atom is 0.401 e. The zero-order valence-electron chi connectivity index (χ0n) is 12.3. The number of hydrogen-bond donors (Lipinski definition) is 1. The highest BCUT2D eigenvalue weighted by Crippen LogP contribution is 2.18. The summed E-state index contributed by atoms with van der Waals surface area (Å²) in [5.41, 5.74) is 0.0758. The minimum atomic E-state index is -4.08. The molecule has 0 radical (unpaired) electrons. The van der Waals surface area contributed by atoms with Crippen LogP contribution < -0.4 is 5.32 Å². The van der Waals surface area contributed by atoms with Crippen molar-refractivity contribution in [2.24, 2.45) is 0 Å². The van der Waals surface area contributed by atoms with Gasteiger partial charge in [-0.25, -0.2) is 0 Å². The first kappa shape index (κ1) is 16.7. The van der Waals surface area contributed by atoms with Crippen molar-refractivity contribution in [1.82, 2.24) is 15.1 Å². The van der Waals surface area contributed by atoms with Crippen molar-refractivity contribution < 1.29 is 13.2 Å². The lowest BCUT2D eigenvalue weighted by Gasteiger charge is -2.39. The monoisotopic (exact) mass is 281 g/mol. The minimum Gasteiger partial charge on any atom is -0.311 e. The van der Waals surface area contributed by atoms with Gasteiger partial charge in [0.25, 0.3) is 0 Å². The smallest absolute Gasteiger partial charge is 0.311 e. The number of rotatable bonds is 4. The molecule has 0 spiro atoms. The summed E-state index contributed by atoms with van der Waals surface area (Å²) in [6.45, 7) is 11.0. The fourth-order valence-electron chi connectivity index (χ4n) is 2.20. The maximum absolute atomic E-state index is 12.3. The van der Waals surface area contributed by atoms with Crippen LogP contribution in [0.2, 0.25) is 0 Å². The van der Waals surface area contributed by atoms with Gasteiger partial charge in [-0.1, -0.05) is 0 Å². The summed E-state index contributed by atoms with van der Waals surface area (Å²) in [6, 6.07) is 0.354. The summed E-state index contributed by atoms with van der Waals surface area (Å²) in [4.78, 5) is 3.74. The molecule has 1 saturated heterocycles. The Hall–Kier alpha value is -0.330. The molecule has 0 saturated carbocycles. The number of nitrogens with zero attached hydrogens (tertiary/aromatic N) is 2. The first-order valence-corrected chi connectivity index (χ1v) is 6.85. The second-order valence-electron chi connectivity index (χ2n) is 6.41. The second-order valence-corrected chi connectivity index (χ2v) is 6.41. The van der Waals surface area contributed by atoms with E-state index in [0.29, 0.717) is 32.2 Å². The SMILES string of the molecule is CC(CNC(C)(C)C)N1CCN(CC(F)(F)F)CC1. The molecule has 1 aliphatic heterocycles. The molecule has 1 N–H and O–H groups in total. The Morgan fingerprint density at radius 1 is 1.05 bits per heavy atom. The minimum absolute atomic E-state index is 0.0758. The molecule has 1 aliphatic rings. The standard InChI is InChI=1S/C13H26F3N3/c1-11(9-17-12(2,3)4)19-7-5-18(6-8-19)10-13(14,15)16/h11,17H,5-10H2,1-4H3. The molecule has 19 heavy (non-hydrogen) atoms. The number of halogens is 3. The fraction of sp³-hybridized carbons (Fsp3) is 1.00. The van der Waals surface area contributed by atoms with E-state index in [4.69, 9.17) is 0 Å². The quantitative estimate of drug-likeness (QED) is 0.849. The summed E-state index contributed by atoms with van der Waals surface area (Å²) in [7, 11) is 0. The zero-order valence-corrected chi connectivity index (χ0v) is 12.3. The van der Waals surface area contributed by atoms with Gasteiger partial charge in [0.05, 0.1) is 6.54 Å². The van der Waals surface area contributed by atoms with Crippen LogP contribution in [0.15, 0.2) is 0 Å². The van der Waals surface area contributed by atoms with Gasteiger partial charge >= 0.3 is 6.18 Å². The predicted octanol–water partition coefficient (Wildman–Crippen LogP) is 1.94. The van der Waals surface area contributed by atoms with Crippen LogP contribution in [0.25, 0.3) is 0 Å². The van der Waals surface area contributed by atoms with E-state index in [-0.39, 0.29) is 5.54 Å². The van der Waals surface area contributed by atoms with Crippen LogP contribution in [0.3, 0.4) is 0 Å². The van der Waals surface area contributed by atoms with Crippen LogP contribution in [0, 0.1) is 0 Å². The van der Waals surface area contributed by atoms with Crippen LogP contribution in [0.5, 0.6) is 0 Å². The second kappa shape index (κ2) is 6.41. The Morgan fingerprint density at radius 3 is 2.00 bits per heavy atom. The lowest BCUT2D eigenvalue weighted by Crippen LogP contribution is -2.54. The molecule has 0 amide bonds. The normalized spacial score (nSPS) is 21.6. The van der Waals surface area contributed by atoms with Gasteiger partial charge in [-0.2, -0.15) is 13.2 Å². The molecule has 3 nitrogen and oxygen atoms in total. The van der Waals surface area contributed by atoms with Crippen molar-refractivity contribution in [2.75, 3.05) is 39.3 Å². The number of piperazine rings is 1. The summed E-state index contributed by atoms with van der Waals surface area (Å²) in [5, 5.41) is 3.43. The molecule has 6 heteroatoms. The van der Waals surface area contributed by atoms with Crippen LogP contribution in [0.4, 0.5) is 13.2 Å². The van der Waals surface area contributed by atoms with Crippen molar-refractivity contribution >= 4 is 0 Å². The molecule has 1 atom stereocenters. The molecule has 0 aromatic rings. The maximum atomic E-state index is 12.3. The topological polar surface area (TPSA) is 18.5 Å². The lowest BCUT2D eigenvalue weighted by atomic mass is 10.1. The van der Waals surface area contributed by atoms with E-state index in [1.165, 1.54) is 4.90 Å². The first-order valence-electron chi connectivity index (χ1n) is 6.85. The highest BCUT2D eigenvalue weighted by atomic mass is 19.4. The Labute approximate surface area is 114 Å². The van der Waals surface area contributed by atoms with E-state index in [1.807, 2.05) is 0 Å². The third-order valence-electron chi connectivity index (χ3n) is 3.36. The number of hydrogen-bond acceptors (Lipinski definition) is 3. The molecule has 1 unspecified atom stereocenters. The van der Waals surface area contributed by atoms with Gasteiger partial charge in [-0.05, 0) is 27.7 Å². The van der Waals surface area contributed by atoms with Gasteiger partial charge in [0.2, 0.25) is 0 Å². The number of nitrogens with one attached hydrogen (secondary N) is 1. The van der Waals surface area contributed by atoms with Gasteiger partial charge in [-0.3, -0.25) is 9.80 Å². The number of alkyl halides is 3. The van der Waals surface area contributed by atoms with E-state index >= 15 is 0 Å². The van der Waals surface area contributed by atoms with Crippen molar-refractivity contribution in [3.63, 3.8) is 0 Å². The van der Waals surface area contributed by atoms with Gasteiger partial charge in [0.1, 0.15) is 0 Å². The fourth-order valence-corrected chi connectivity index (χ4v) is 2.20. The molecule has 1 rings (SSSR count). The van der Waals surface area contributed by atoms with Gasteiger partial charge in [-0.15, -0.1) is 0 Å². The molecule has 114 valence electrons. The molecule has 0 aromatic carbocycles. The molecular weight excluding hydrogens is 255 g/mol. The molecule has 0 aromatic heterocycles. The first-order chi connectivity index (χ1) is 8.57. The van der Waals surface area contributed by atoms with Crippen LogP contribution in [-0.2, 0) is 0 Å². The van der Waals surface area contributed by atoms with E-state index in [1.54, 1.807) is 0 Å². The Kier molecular flexibility index (Phi) is 5.65. The summed E-state index contributed by atoms with van der Waals surface area (Å²) >= 11 is 0. The Balaban J connectivity index is 2.29. The Morgan fingerprint density at radius 2 is 1.58 bits per heavy atom. The molecule has 1 fully saturated rings. The molecule has 0 bridgehead atoms. The third kappa shape index (κ3) is 7.13. The molecule has 1 heterocycles. The molecular formula is C13H26F3N3. The highest BCUT2D eigenvalue weighted by molar-refractivity contribution is 4.81. The summed E-state index contributed by atoms with van der Waals surface area (Å²) < 4.78 is 36.8. The largest absolute Gasteiger partial charge is 0.401 e. The average Bonchev–Trinajstić information content (AvgIpc) is 2.23. The highest BCUT2D eigenvalue weighted by Gasteiger charge is 2.32. The van der Waals surface area contributed by atoms with E-state index < -0.39 is 12.7 Å². The van der Waals surface area contributed by atoms with Gasteiger partial charge < -0.3 is 5.32 Å². The van der Waals surface area contributed by atoms with Crippen LogP contribution in [0.1, 0.15) is 27.7 Å². The van der Waals surface area contributed by atoms with Crippen LogP contribution in [-0.4, -0.2) is 66.8 Å². The third-order valence-corrected chi connectivity index (χ3v) is 3.36. The van der Waals surface area contributed by atoms with Crippen molar-refractivity contribution in [1.29, 1.82) is 0 Å². The average molecular weight is 281 g/mol. The van der Waals surface area contributed by atoms with Gasteiger partial charge in [0, 0.05) is 44.3 Å². The molecule has 0 aliphatic carbocycles. The lowest BCUT2D eigenvalue weighted by molar-refractivity contribution is -0.149. The van der Waals surface area contributed by atoms with E-state index in [9.17, 15) is 13.2 Å². The zero-order chi connectivity index (χ0) is 14.7. The van der Waals surface area contributed by atoms with Gasteiger partial charge in [0.15, 0.2) is 0 Å². The van der Waals surface area contributed by atoms with E-state index in [0.717, 1.165) is 6.54 Å². The van der Waals surface area contributed by atoms with Crippen molar-refractivity contribution in [3.8, 4) is 0 Å². The van der Waals surface area contributed by atoms with Crippen LogP contribution >= 0.6 is 0 Å². The van der Waals surface area contributed by atoms with E-state index in [2.05, 4.69) is 37.9 Å². The van der Waals surface area contributed by atoms with Crippen molar-refractivity contribution in [3.05, 3.63) is 0 Å². The predicted molar refractivity (Wildman–Crippen MR) is 71.3 cm³/mol. The summed E-state index contributed by atoms with van der Waals surface area (Å²) in [6.07, 6.45) is -4.08. The Bertz CT molecular complexity index is 265. The van der Waals surface area contributed by atoms with Crippen molar-refractivity contribution in [2.45, 2.75) is 45.5 Å².